The second-order valence-corrected chi connectivity index (χ2v) is 18.6. The molecule has 374 valence electrons. The molecule has 1 heterocycles. The Morgan fingerprint density at radius 2 is 1.02 bits per heavy atom. The van der Waals surface area contributed by atoms with E-state index in [1.165, 1.54) is 103 Å². The zero-order valence-corrected chi connectivity index (χ0v) is 42.0. The molecular formula is C53H103NO9. The van der Waals surface area contributed by atoms with Crippen LogP contribution in [0.5, 0.6) is 0 Å². The van der Waals surface area contributed by atoms with Crippen molar-refractivity contribution in [2.45, 2.75) is 265 Å². The van der Waals surface area contributed by atoms with E-state index in [0.717, 1.165) is 129 Å². The molecule has 0 aromatic rings. The third kappa shape index (κ3) is 39.2. The largest absolute Gasteiger partial charge is 0.481 e. The molecule has 1 rings (SSSR count). The summed E-state index contributed by atoms with van der Waals surface area (Å²) >= 11 is 0. The van der Waals surface area contributed by atoms with Crippen molar-refractivity contribution in [3.8, 4) is 0 Å². The van der Waals surface area contributed by atoms with Crippen LogP contribution in [0.4, 0.5) is 0 Å². The molecule has 10 heteroatoms. The van der Waals surface area contributed by atoms with E-state index in [9.17, 15) is 24.6 Å². The number of aliphatic carboxylic acids is 1. The molecule has 0 aromatic carbocycles. The van der Waals surface area contributed by atoms with Crippen molar-refractivity contribution in [1.29, 1.82) is 0 Å². The van der Waals surface area contributed by atoms with E-state index in [4.69, 9.17) is 18.9 Å². The predicted octanol–water partition coefficient (Wildman–Crippen LogP) is 13.8. The average molecular weight is 898 g/mol. The lowest BCUT2D eigenvalue weighted by Crippen LogP contribution is -2.29. The molecule has 0 radical (unpaired) electrons. The zero-order valence-electron chi connectivity index (χ0n) is 42.0. The topological polar surface area (TPSA) is 132 Å². The van der Waals surface area contributed by atoms with Crippen LogP contribution in [0.3, 0.4) is 0 Å². The molecule has 63 heavy (non-hydrogen) atoms. The number of hydrogen-bond acceptors (Lipinski definition) is 9. The van der Waals surface area contributed by atoms with E-state index in [-0.39, 0.29) is 36.5 Å². The Morgan fingerprint density at radius 1 is 0.571 bits per heavy atom. The van der Waals surface area contributed by atoms with Crippen molar-refractivity contribution in [3.05, 3.63) is 0 Å². The van der Waals surface area contributed by atoms with Crippen molar-refractivity contribution in [2.24, 2.45) is 11.8 Å². The summed E-state index contributed by atoms with van der Waals surface area (Å²) in [7, 11) is 1.65. The lowest BCUT2D eigenvalue weighted by molar-refractivity contribution is -0.177. The number of carboxylic acid groups (broad SMARTS) is 1. The summed E-state index contributed by atoms with van der Waals surface area (Å²) in [6, 6.07) is 0. The SMILES string of the molecule is CCCCCCCCC(CCCCCC)C(=O)O.CCCCCCCCC(CCCCCC)C(=O)OCCCCCCN(CCO)CCCCCCC(=O)OC1CCC(COC)O1. The first-order valence-electron chi connectivity index (χ1n) is 26.8. The molecule has 4 atom stereocenters. The minimum Gasteiger partial charge on any atom is -0.481 e. The second kappa shape index (κ2) is 46.8. The highest BCUT2D eigenvalue weighted by Gasteiger charge is 2.28. The number of unbranched alkanes of at least 4 members (excludes halogenated alkanes) is 22. The molecule has 0 spiro atoms. The van der Waals surface area contributed by atoms with E-state index < -0.39 is 12.3 Å². The molecule has 0 aliphatic carbocycles. The highest BCUT2D eigenvalue weighted by Crippen LogP contribution is 2.23. The van der Waals surface area contributed by atoms with E-state index in [0.29, 0.717) is 26.2 Å². The van der Waals surface area contributed by atoms with Gasteiger partial charge >= 0.3 is 17.9 Å². The number of methoxy groups -OCH3 is 1. The Bertz CT molecular complexity index is 1010. The molecule has 10 nitrogen and oxygen atoms in total. The Labute approximate surface area is 388 Å². The molecule has 0 bridgehead atoms. The molecular weight excluding hydrogens is 795 g/mol. The second-order valence-electron chi connectivity index (χ2n) is 18.6. The van der Waals surface area contributed by atoms with Crippen LogP contribution in [0.1, 0.15) is 252 Å². The molecule has 1 saturated heterocycles. The first-order valence-corrected chi connectivity index (χ1v) is 26.8. The average Bonchev–Trinajstić information content (AvgIpc) is 3.71. The summed E-state index contributed by atoms with van der Waals surface area (Å²) in [5.74, 6) is -0.738. The third-order valence-electron chi connectivity index (χ3n) is 12.6. The summed E-state index contributed by atoms with van der Waals surface area (Å²) in [5.41, 5.74) is 0. The van der Waals surface area contributed by atoms with Crippen LogP contribution in [0.15, 0.2) is 0 Å². The number of nitrogens with zero attached hydrogens (tertiary/aromatic N) is 1. The number of rotatable bonds is 45. The lowest BCUT2D eigenvalue weighted by Gasteiger charge is -2.21. The van der Waals surface area contributed by atoms with Crippen LogP contribution in [0, 0.1) is 11.8 Å². The normalized spacial score (nSPS) is 15.9. The molecule has 4 unspecified atom stereocenters. The maximum atomic E-state index is 12.8. The number of hydrogen-bond donors (Lipinski definition) is 2. The van der Waals surface area contributed by atoms with Gasteiger partial charge in [0.05, 0.1) is 37.8 Å². The molecule has 1 aliphatic rings. The van der Waals surface area contributed by atoms with Crippen LogP contribution in [0.25, 0.3) is 0 Å². The highest BCUT2D eigenvalue weighted by molar-refractivity contribution is 5.72. The van der Waals surface area contributed by atoms with Crippen LogP contribution >= 0.6 is 0 Å². The van der Waals surface area contributed by atoms with E-state index >= 15 is 0 Å². The van der Waals surface area contributed by atoms with Gasteiger partial charge < -0.3 is 34.1 Å². The molecule has 0 saturated carbocycles. The summed E-state index contributed by atoms with van der Waals surface area (Å²) in [6.45, 7) is 12.8. The molecule has 0 amide bonds. The van der Waals surface area contributed by atoms with Gasteiger partial charge in [0.15, 0.2) is 0 Å². The van der Waals surface area contributed by atoms with Gasteiger partial charge in [-0.3, -0.25) is 14.4 Å². The monoisotopic (exact) mass is 898 g/mol. The van der Waals surface area contributed by atoms with Gasteiger partial charge in [-0.15, -0.1) is 0 Å². The number of carbonyl (C=O) groups is 3. The van der Waals surface area contributed by atoms with Crippen LogP contribution in [-0.2, 0) is 33.3 Å². The Balaban J connectivity index is 0.00000178. The minimum atomic E-state index is -0.583. The van der Waals surface area contributed by atoms with Crippen LogP contribution < -0.4 is 0 Å². The van der Waals surface area contributed by atoms with E-state index in [1.807, 2.05) is 0 Å². The van der Waals surface area contributed by atoms with Crippen molar-refractivity contribution in [2.75, 3.05) is 46.6 Å². The summed E-state index contributed by atoms with van der Waals surface area (Å²) < 4.78 is 22.0. The molecule has 1 aliphatic heterocycles. The number of carboxylic acids is 1. The minimum absolute atomic E-state index is 0.0292. The van der Waals surface area contributed by atoms with Gasteiger partial charge in [0.1, 0.15) is 0 Å². The number of aliphatic hydroxyl groups excluding tert-OH is 1. The Hall–Kier alpha value is -1.75. The maximum Gasteiger partial charge on any atom is 0.308 e. The van der Waals surface area contributed by atoms with Gasteiger partial charge in [-0.1, -0.05) is 182 Å². The number of ether oxygens (including phenoxy) is 4. The van der Waals surface area contributed by atoms with Gasteiger partial charge in [0.25, 0.3) is 0 Å². The summed E-state index contributed by atoms with van der Waals surface area (Å²) in [4.78, 5) is 38.4. The van der Waals surface area contributed by atoms with Crippen molar-refractivity contribution < 1.29 is 43.5 Å². The van der Waals surface area contributed by atoms with Crippen LogP contribution in [0.2, 0.25) is 0 Å². The molecule has 2 N–H and O–H groups in total. The van der Waals surface area contributed by atoms with Crippen molar-refractivity contribution >= 4 is 17.9 Å². The Morgan fingerprint density at radius 3 is 1.51 bits per heavy atom. The lowest BCUT2D eigenvalue weighted by atomic mass is 9.94. The first kappa shape index (κ1) is 61.2. The van der Waals surface area contributed by atoms with Crippen LogP contribution in [-0.4, -0.2) is 92.0 Å². The summed E-state index contributed by atoms with van der Waals surface area (Å²) in [6.07, 6.45) is 38.1. The maximum absolute atomic E-state index is 12.8. The molecule has 1 fully saturated rings. The third-order valence-corrected chi connectivity index (χ3v) is 12.6. The van der Waals surface area contributed by atoms with E-state index in [2.05, 4.69) is 32.6 Å². The fraction of sp³-hybridized carbons (Fsp3) is 0.943. The van der Waals surface area contributed by atoms with Gasteiger partial charge in [-0.25, -0.2) is 0 Å². The highest BCUT2D eigenvalue weighted by atomic mass is 16.7. The number of carbonyl (C=O) groups excluding carboxylic acids is 2. The number of esters is 2. The molecule has 0 aromatic heterocycles. The van der Waals surface area contributed by atoms with Crippen molar-refractivity contribution in [3.63, 3.8) is 0 Å². The quantitative estimate of drug-likeness (QED) is 0.0450. The van der Waals surface area contributed by atoms with E-state index in [1.54, 1.807) is 7.11 Å². The standard InChI is InChI=1S/C37H71NO7.C16H32O2/c1-4-6-8-10-11-17-23-33(22-16-9-7-5-2)37(41)43-31-21-15-14-20-28-38(29-30-39)27-19-13-12-18-24-35(40)45-36-26-25-34(44-36)32-42-3;1-3-5-7-9-10-12-14-15(16(17)18)13-11-8-6-4-2/h33-34,36,39H,4-32H2,1-3H3;15H,3-14H2,1-2H3,(H,17,18). The smallest absolute Gasteiger partial charge is 0.308 e. The fourth-order valence-electron chi connectivity index (χ4n) is 8.54. The zero-order chi connectivity index (χ0) is 46.4. The fourth-order valence-corrected chi connectivity index (χ4v) is 8.54. The van der Waals surface area contributed by atoms with Crippen molar-refractivity contribution in [1.82, 2.24) is 4.90 Å². The Kier molecular flexibility index (Phi) is 45.5. The van der Waals surface area contributed by atoms with Gasteiger partial charge in [-0.2, -0.15) is 0 Å². The predicted molar refractivity (Wildman–Crippen MR) is 260 cm³/mol. The summed E-state index contributed by atoms with van der Waals surface area (Å²) in [5, 5.41) is 18.7. The van der Waals surface area contributed by atoms with Gasteiger partial charge in [0, 0.05) is 26.5 Å². The van der Waals surface area contributed by atoms with Gasteiger partial charge in [-0.05, 0) is 70.9 Å². The van der Waals surface area contributed by atoms with Gasteiger partial charge in [0.2, 0.25) is 6.29 Å². The number of aliphatic hydroxyl groups is 1. The first-order chi connectivity index (χ1) is 30.8.